The molecule has 0 amide bonds. The fourth-order valence-electron chi connectivity index (χ4n) is 0.889. The highest BCUT2D eigenvalue weighted by Crippen LogP contribution is 2.03. The number of hydrogen-bond donors (Lipinski definition) is 0. The normalized spacial score (nSPS) is 10.4. The van der Waals surface area contributed by atoms with Gasteiger partial charge in [0.25, 0.3) is 5.56 Å². The van der Waals surface area contributed by atoms with Crippen molar-refractivity contribution in [3.63, 3.8) is 0 Å². The molecule has 0 aliphatic rings. The molecule has 0 fully saturated rings. The Bertz CT molecular complexity index is 401. The Morgan fingerprint density at radius 2 is 2.20 bits per heavy atom. The van der Waals surface area contributed by atoms with Crippen LogP contribution in [0.2, 0.25) is 0 Å². The van der Waals surface area contributed by atoms with Gasteiger partial charge in [-0.15, -0.1) is 0 Å². The van der Waals surface area contributed by atoms with E-state index in [0.717, 1.165) is 5.52 Å². The summed E-state index contributed by atoms with van der Waals surface area (Å²) in [6, 6.07) is 7.16. The molecule has 2 rings (SSSR count). The lowest BCUT2D eigenvalue weighted by molar-refractivity contribution is 1.24. The standard InChI is InChI=1S/C7H5NOS/c9-7-3-1-2-6-4-5-10-8(6)7/h1-5H. The van der Waals surface area contributed by atoms with Gasteiger partial charge in [-0.2, -0.15) is 0 Å². The van der Waals surface area contributed by atoms with E-state index in [9.17, 15) is 4.79 Å². The quantitative estimate of drug-likeness (QED) is 0.557. The second kappa shape index (κ2) is 1.95. The molecule has 0 N–H and O–H groups in total. The van der Waals surface area contributed by atoms with Gasteiger partial charge < -0.3 is 0 Å². The van der Waals surface area contributed by atoms with Gasteiger partial charge in [0.15, 0.2) is 0 Å². The summed E-state index contributed by atoms with van der Waals surface area (Å²) in [5.41, 5.74) is 1.02. The van der Waals surface area contributed by atoms with Crippen LogP contribution in [0.3, 0.4) is 0 Å². The molecule has 2 aromatic heterocycles. The van der Waals surface area contributed by atoms with Crippen LogP contribution in [-0.4, -0.2) is 3.79 Å². The van der Waals surface area contributed by atoms with E-state index in [-0.39, 0.29) is 5.56 Å². The maximum Gasteiger partial charge on any atom is 0.264 e. The van der Waals surface area contributed by atoms with E-state index in [1.54, 1.807) is 15.9 Å². The van der Waals surface area contributed by atoms with Gasteiger partial charge in [0.1, 0.15) is 0 Å². The Kier molecular flexibility index (Phi) is 1.11. The highest BCUT2D eigenvalue weighted by molar-refractivity contribution is 7.04. The van der Waals surface area contributed by atoms with Gasteiger partial charge in [0.2, 0.25) is 0 Å². The molecule has 0 saturated carbocycles. The van der Waals surface area contributed by atoms with Crippen LogP contribution in [0.25, 0.3) is 5.52 Å². The van der Waals surface area contributed by atoms with Crippen LogP contribution in [0.15, 0.2) is 34.4 Å². The third-order valence-corrected chi connectivity index (χ3v) is 2.20. The Morgan fingerprint density at radius 3 is 3.00 bits per heavy atom. The molecule has 0 saturated heterocycles. The van der Waals surface area contributed by atoms with Crippen LogP contribution in [-0.2, 0) is 0 Å². The molecule has 2 nitrogen and oxygen atoms in total. The molecule has 0 bridgehead atoms. The Balaban J connectivity index is 3.09. The second-order valence-electron chi connectivity index (χ2n) is 1.99. The summed E-state index contributed by atoms with van der Waals surface area (Å²) in [7, 11) is 0. The Labute approximate surface area is 61.5 Å². The van der Waals surface area contributed by atoms with Crippen LogP contribution in [0, 0.1) is 0 Å². The SMILES string of the molecule is O=c1cccc2ccsn12. The summed E-state index contributed by atoms with van der Waals surface area (Å²) >= 11 is 1.42. The highest BCUT2D eigenvalue weighted by atomic mass is 32.1. The Morgan fingerprint density at radius 1 is 1.30 bits per heavy atom. The summed E-state index contributed by atoms with van der Waals surface area (Å²) in [5.74, 6) is 0. The van der Waals surface area contributed by atoms with Gasteiger partial charge in [-0.3, -0.25) is 4.79 Å². The van der Waals surface area contributed by atoms with E-state index in [1.807, 2.05) is 17.5 Å². The van der Waals surface area contributed by atoms with E-state index in [4.69, 9.17) is 0 Å². The van der Waals surface area contributed by atoms with Crippen molar-refractivity contribution in [3.05, 3.63) is 40.0 Å². The van der Waals surface area contributed by atoms with E-state index < -0.39 is 0 Å². The molecule has 2 aromatic rings. The zero-order valence-electron chi connectivity index (χ0n) is 5.15. The molecule has 50 valence electrons. The van der Waals surface area contributed by atoms with Crippen molar-refractivity contribution >= 4 is 17.0 Å². The first kappa shape index (κ1) is 5.68. The number of pyridine rings is 1. The molecule has 0 atom stereocenters. The van der Waals surface area contributed by atoms with Gasteiger partial charge in [-0.05, 0) is 12.1 Å². The first-order chi connectivity index (χ1) is 4.88. The molecule has 0 unspecified atom stereocenters. The molecule has 10 heavy (non-hydrogen) atoms. The monoisotopic (exact) mass is 151 g/mol. The van der Waals surface area contributed by atoms with E-state index >= 15 is 0 Å². The second-order valence-corrected chi connectivity index (χ2v) is 2.84. The molecule has 3 heteroatoms. The van der Waals surface area contributed by atoms with Gasteiger partial charge in [0, 0.05) is 11.4 Å². The van der Waals surface area contributed by atoms with Crippen molar-refractivity contribution in [1.29, 1.82) is 0 Å². The van der Waals surface area contributed by atoms with Gasteiger partial charge in [0.05, 0.1) is 5.52 Å². The van der Waals surface area contributed by atoms with Gasteiger partial charge in [-0.25, -0.2) is 3.79 Å². The van der Waals surface area contributed by atoms with Crippen LogP contribution in [0.4, 0.5) is 0 Å². The van der Waals surface area contributed by atoms with Crippen LogP contribution in [0.5, 0.6) is 0 Å². The van der Waals surface area contributed by atoms with Crippen LogP contribution >= 0.6 is 11.5 Å². The van der Waals surface area contributed by atoms with Crippen molar-refractivity contribution in [2.45, 2.75) is 0 Å². The average molecular weight is 151 g/mol. The number of hydrogen-bond acceptors (Lipinski definition) is 2. The minimum atomic E-state index is 0.0486. The first-order valence-electron chi connectivity index (χ1n) is 2.94. The lowest BCUT2D eigenvalue weighted by Gasteiger charge is -1.86. The molecule has 0 spiro atoms. The van der Waals surface area contributed by atoms with Crippen molar-refractivity contribution in [3.8, 4) is 0 Å². The summed E-state index contributed by atoms with van der Waals surface area (Å²) < 4.78 is 1.65. The zero-order valence-corrected chi connectivity index (χ0v) is 5.97. The molecule has 0 aromatic carbocycles. The largest absolute Gasteiger partial charge is 0.268 e. The lowest BCUT2D eigenvalue weighted by Crippen LogP contribution is -2.06. The number of fused-ring (bicyclic) bond motifs is 1. The van der Waals surface area contributed by atoms with Crippen molar-refractivity contribution in [2.75, 3.05) is 0 Å². The topological polar surface area (TPSA) is 21.5 Å². The molecule has 0 aliphatic carbocycles. The smallest absolute Gasteiger partial charge is 0.264 e. The minimum Gasteiger partial charge on any atom is -0.268 e. The maximum atomic E-state index is 11.0. The lowest BCUT2D eigenvalue weighted by atomic mass is 10.4. The van der Waals surface area contributed by atoms with E-state index in [2.05, 4.69) is 0 Å². The third kappa shape index (κ3) is 0.675. The van der Waals surface area contributed by atoms with Gasteiger partial charge in [-0.1, -0.05) is 17.6 Å². The van der Waals surface area contributed by atoms with E-state index in [0.29, 0.717) is 0 Å². The van der Waals surface area contributed by atoms with Gasteiger partial charge >= 0.3 is 0 Å². The van der Waals surface area contributed by atoms with Crippen molar-refractivity contribution < 1.29 is 0 Å². The maximum absolute atomic E-state index is 11.0. The molecule has 0 radical (unpaired) electrons. The predicted octanol–water partition coefficient (Wildman–Crippen LogP) is 1.36. The summed E-state index contributed by atoms with van der Waals surface area (Å²) in [6.07, 6.45) is 0. The minimum absolute atomic E-state index is 0.0486. The Hall–Kier alpha value is -1.09. The number of nitrogens with zero attached hydrogens (tertiary/aromatic N) is 1. The average Bonchev–Trinajstić information content (AvgIpc) is 2.36. The van der Waals surface area contributed by atoms with Crippen molar-refractivity contribution in [2.24, 2.45) is 0 Å². The first-order valence-corrected chi connectivity index (χ1v) is 3.77. The molecule has 0 aliphatic heterocycles. The molecular weight excluding hydrogens is 146 g/mol. The van der Waals surface area contributed by atoms with Crippen molar-refractivity contribution in [1.82, 2.24) is 3.79 Å². The zero-order chi connectivity index (χ0) is 6.97. The van der Waals surface area contributed by atoms with E-state index in [1.165, 1.54) is 11.5 Å². The third-order valence-electron chi connectivity index (χ3n) is 1.35. The fourth-order valence-corrected chi connectivity index (χ4v) is 1.62. The molecule has 2 heterocycles. The summed E-state index contributed by atoms with van der Waals surface area (Å²) in [5, 5.41) is 1.90. The van der Waals surface area contributed by atoms with Crippen LogP contribution < -0.4 is 5.56 Å². The fraction of sp³-hybridized carbons (Fsp3) is 0. The summed E-state index contributed by atoms with van der Waals surface area (Å²) in [6.45, 7) is 0. The number of rotatable bonds is 0. The predicted molar refractivity (Wildman–Crippen MR) is 41.5 cm³/mol. The highest BCUT2D eigenvalue weighted by Gasteiger charge is 1.92. The number of aromatic nitrogens is 1. The van der Waals surface area contributed by atoms with Crippen LogP contribution in [0.1, 0.15) is 0 Å². The molecular formula is C7H5NOS. The summed E-state index contributed by atoms with van der Waals surface area (Å²) in [4.78, 5) is 11.0.